The maximum Gasteiger partial charge on any atom is 0.416 e. The van der Waals surface area contributed by atoms with E-state index in [1.54, 1.807) is 30.3 Å². The summed E-state index contributed by atoms with van der Waals surface area (Å²) in [5.74, 6) is -1.48. The monoisotopic (exact) mass is 408 g/mol. The standard InChI is InChI=1S/C19H15F3N2O3S/c20-19(21,22)12-5-4-6-13(9-12)23-16(25)11-28-15-10-17(26)24(18(15)27)14-7-2-1-3-8-14/h1-9,15H,10-11H2,(H,23,25). The largest absolute Gasteiger partial charge is 0.416 e. The van der Waals surface area contributed by atoms with Crippen molar-refractivity contribution in [1.29, 1.82) is 0 Å². The summed E-state index contributed by atoms with van der Waals surface area (Å²) < 4.78 is 38.2. The Balaban J connectivity index is 1.58. The molecule has 5 nitrogen and oxygen atoms in total. The molecular weight excluding hydrogens is 393 g/mol. The molecule has 0 saturated carbocycles. The van der Waals surface area contributed by atoms with E-state index < -0.39 is 28.8 Å². The number of alkyl halides is 3. The fraction of sp³-hybridized carbons (Fsp3) is 0.211. The molecule has 2 aromatic carbocycles. The van der Waals surface area contributed by atoms with E-state index in [1.807, 2.05) is 0 Å². The molecule has 0 aromatic heterocycles. The van der Waals surface area contributed by atoms with Crippen LogP contribution in [0.3, 0.4) is 0 Å². The summed E-state index contributed by atoms with van der Waals surface area (Å²) in [4.78, 5) is 37.7. The molecule has 0 spiro atoms. The lowest BCUT2D eigenvalue weighted by Gasteiger charge is -2.14. The average Bonchev–Trinajstić information content (AvgIpc) is 2.94. The number of hydrogen-bond acceptors (Lipinski definition) is 4. The van der Waals surface area contributed by atoms with E-state index >= 15 is 0 Å². The van der Waals surface area contributed by atoms with E-state index in [9.17, 15) is 27.6 Å². The highest BCUT2D eigenvalue weighted by Gasteiger charge is 2.40. The predicted molar refractivity (Wildman–Crippen MR) is 99.9 cm³/mol. The second kappa shape index (κ2) is 8.05. The van der Waals surface area contributed by atoms with Crippen molar-refractivity contribution in [3.05, 3.63) is 60.2 Å². The lowest BCUT2D eigenvalue weighted by molar-refractivity contribution is -0.137. The van der Waals surface area contributed by atoms with Crippen LogP contribution in [0, 0.1) is 0 Å². The van der Waals surface area contributed by atoms with E-state index in [4.69, 9.17) is 0 Å². The summed E-state index contributed by atoms with van der Waals surface area (Å²) in [7, 11) is 0. The van der Waals surface area contributed by atoms with Crippen molar-refractivity contribution in [2.75, 3.05) is 16.0 Å². The zero-order chi connectivity index (χ0) is 20.3. The molecule has 3 rings (SSSR count). The van der Waals surface area contributed by atoms with Crippen LogP contribution >= 0.6 is 11.8 Å². The van der Waals surface area contributed by atoms with Crippen molar-refractivity contribution >= 4 is 40.9 Å². The lowest BCUT2D eigenvalue weighted by atomic mass is 10.2. The summed E-state index contributed by atoms with van der Waals surface area (Å²) in [6.45, 7) is 0. The van der Waals surface area contributed by atoms with Crippen LogP contribution in [0.15, 0.2) is 54.6 Å². The van der Waals surface area contributed by atoms with Crippen molar-refractivity contribution in [2.45, 2.75) is 17.8 Å². The van der Waals surface area contributed by atoms with E-state index in [0.717, 1.165) is 28.8 Å². The first-order valence-corrected chi connectivity index (χ1v) is 9.31. The number of rotatable bonds is 5. The molecule has 9 heteroatoms. The van der Waals surface area contributed by atoms with Gasteiger partial charge in [-0.2, -0.15) is 13.2 Å². The lowest BCUT2D eigenvalue weighted by Crippen LogP contribution is -2.31. The van der Waals surface area contributed by atoms with Crippen LogP contribution in [0.4, 0.5) is 24.5 Å². The third-order valence-corrected chi connectivity index (χ3v) is 5.21. The molecule has 1 aliphatic rings. The van der Waals surface area contributed by atoms with Gasteiger partial charge in [0.05, 0.1) is 22.3 Å². The number of hydrogen-bond donors (Lipinski definition) is 1. The van der Waals surface area contributed by atoms with Crippen molar-refractivity contribution in [3.8, 4) is 0 Å². The van der Waals surface area contributed by atoms with Crippen LogP contribution in [0.1, 0.15) is 12.0 Å². The molecule has 1 aliphatic heterocycles. The molecule has 1 atom stereocenters. The van der Waals surface area contributed by atoms with Crippen LogP contribution in [-0.2, 0) is 20.6 Å². The number of thioether (sulfide) groups is 1. The number of nitrogens with zero attached hydrogens (tertiary/aromatic N) is 1. The number of carbonyl (C=O) groups is 3. The van der Waals surface area contributed by atoms with Crippen LogP contribution in [0.5, 0.6) is 0 Å². The molecule has 0 aliphatic carbocycles. The Hall–Kier alpha value is -2.81. The van der Waals surface area contributed by atoms with Crippen LogP contribution < -0.4 is 10.2 Å². The Morgan fingerprint density at radius 1 is 1.11 bits per heavy atom. The minimum absolute atomic E-state index is 0.0140. The van der Waals surface area contributed by atoms with Gasteiger partial charge in [0.2, 0.25) is 17.7 Å². The molecule has 2 aromatic rings. The molecule has 1 unspecified atom stereocenters. The Labute approximate surface area is 162 Å². The number of anilines is 2. The van der Waals surface area contributed by atoms with Crippen molar-refractivity contribution in [2.24, 2.45) is 0 Å². The fourth-order valence-corrected chi connectivity index (χ4v) is 3.66. The molecule has 146 valence electrons. The molecule has 1 heterocycles. The van der Waals surface area contributed by atoms with Crippen molar-refractivity contribution in [1.82, 2.24) is 0 Å². The highest BCUT2D eigenvalue weighted by atomic mass is 32.2. The molecule has 0 radical (unpaired) electrons. The Morgan fingerprint density at radius 3 is 2.50 bits per heavy atom. The molecule has 1 saturated heterocycles. The van der Waals surface area contributed by atoms with Gasteiger partial charge in [-0.3, -0.25) is 14.4 Å². The summed E-state index contributed by atoms with van der Waals surface area (Å²) in [6, 6.07) is 12.8. The first-order chi connectivity index (χ1) is 13.3. The SMILES string of the molecule is O=C(CSC1CC(=O)N(c2ccccc2)C1=O)Nc1cccc(C(F)(F)F)c1. The Bertz CT molecular complexity index is 903. The van der Waals surface area contributed by atoms with Gasteiger partial charge in [0, 0.05) is 12.1 Å². The number of nitrogens with one attached hydrogen (secondary N) is 1. The highest BCUT2D eigenvalue weighted by molar-refractivity contribution is 8.01. The number of amides is 3. The van der Waals surface area contributed by atoms with Gasteiger partial charge in [-0.25, -0.2) is 4.90 Å². The summed E-state index contributed by atoms with van der Waals surface area (Å²) >= 11 is 0.985. The minimum Gasteiger partial charge on any atom is -0.325 e. The maximum atomic E-state index is 12.7. The van der Waals surface area contributed by atoms with Gasteiger partial charge in [0.25, 0.3) is 0 Å². The second-order valence-corrected chi connectivity index (χ2v) is 7.22. The molecule has 1 fully saturated rings. The highest BCUT2D eigenvalue weighted by Crippen LogP contribution is 2.31. The topological polar surface area (TPSA) is 66.5 Å². The third kappa shape index (κ3) is 4.53. The quantitative estimate of drug-likeness (QED) is 0.766. The van der Waals surface area contributed by atoms with E-state index in [-0.39, 0.29) is 23.8 Å². The summed E-state index contributed by atoms with van der Waals surface area (Å²) in [6.07, 6.45) is -4.54. The minimum atomic E-state index is -4.51. The Kier molecular flexibility index (Phi) is 5.73. The summed E-state index contributed by atoms with van der Waals surface area (Å²) in [5, 5.41) is 1.67. The number of para-hydroxylation sites is 1. The molecule has 3 amide bonds. The van der Waals surface area contributed by atoms with Crippen LogP contribution in [0.25, 0.3) is 0 Å². The van der Waals surface area contributed by atoms with Gasteiger partial charge in [-0.1, -0.05) is 24.3 Å². The Morgan fingerprint density at radius 2 is 1.82 bits per heavy atom. The number of carbonyl (C=O) groups excluding carboxylic acids is 3. The predicted octanol–water partition coefficient (Wildman–Crippen LogP) is 3.71. The van der Waals surface area contributed by atoms with Crippen molar-refractivity contribution < 1.29 is 27.6 Å². The van der Waals surface area contributed by atoms with Crippen LogP contribution in [-0.4, -0.2) is 28.7 Å². The first-order valence-electron chi connectivity index (χ1n) is 8.26. The molecule has 28 heavy (non-hydrogen) atoms. The normalized spacial score (nSPS) is 17.1. The molecule has 0 bridgehead atoms. The zero-order valence-electron chi connectivity index (χ0n) is 14.4. The zero-order valence-corrected chi connectivity index (χ0v) is 15.2. The van der Waals surface area contributed by atoms with E-state index in [2.05, 4.69) is 5.32 Å². The number of benzene rings is 2. The van der Waals surface area contributed by atoms with E-state index in [0.29, 0.717) is 5.69 Å². The maximum absolute atomic E-state index is 12.7. The van der Waals surface area contributed by atoms with E-state index in [1.165, 1.54) is 12.1 Å². The summed E-state index contributed by atoms with van der Waals surface area (Å²) in [5.41, 5.74) is -0.387. The average molecular weight is 408 g/mol. The number of imide groups is 1. The van der Waals surface area contributed by atoms with Gasteiger partial charge >= 0.3 is 6.18 Å². The molecule has 1 N–H and O–H groups in total. The third-order valence-electron chi connectivity index (χ3n) is 4.01. The van der Waals surface area contributed by atoms with Gasteiger partial charge in [-0.15, -0.1) is 11.8 Å². The first kappa shape index (κ1) is 19.9. The fourth-order valence-electron chi connectivity index (χ4n) is 2.73. The number of halogens is 3. The smallest absolute Gasteiger partial charge is 0.325 e. The van der Waals surface area contributed by atoms with Gasteiger partial charge in [0.1, 0.15) is 0 Å². The van der Waals surface area contributed by atoms with Gasteiger partial charge in [0.15, 0.2) is 0 Å². The van der Waals surface area contributed by atoms with Gasteiger partial charge in [-0.05, 0) is 30.3 Å². The molecular formula is C19H15F3N2O3S. The van der Waals surface area contributed by atoms with Gasteiger partial charge < -0.3 is 5.32 Å². The second-order valence-electron chi connectivity index (χ2n) is 6.03. The van der Waals surface area contributed by atoms with Crippen molar-refractivity contribution in [3.63, 3.8) is 0 Å². The van der Waals surface area contributed by atoms with Crippen LogP contribution in [0.2, 0.25) is 0 Å².